The molecule has 6 heteroatoms. The molecule has 3 rings (SSSR count). The summed E-state index contributed by atoms with van der Waals surface area (Å²) >= 11 is 1.59. The molecule has 0 amide bonds. The summed E-state index contributed by atoms with van der Waals surface area (Å²) in [5.74, 6) is 0.798. The van der Waals surface area contributed by atoms with E-state index in [4.69, 9.17) is 0 Å². The fraction of sp³-hybridized carbons (Fsp3) is 0.188. The Kier molecular flexibility index (Phi) is 4.70. The molecule has 2 aromatic heterocycles. The second-order valence-corrected chi connectivity index (χ2v) is 5.68. The lowest BCUT2D eigenvalue weighted by atomic mass is 10.1. The molecule has 0 atom stereocenters. The summed E-state index contributed by atoms with van der Waals surface area (Å²) < 4.78 is 2.06. The van der Waals surface area contributed by atoms with Gasteiger partial charge in [0.05, 0.1) is 18.7 Å². The van der Waals surface area contributed by atoms with Crippen LogP contribution < -0.4 is 5.32 Å². The third-order valence-corrected chi connectivity index (χ3v) is 3.83. The van der Waals surface area contributed by atoms with Gasteiger partial charge in [0.25, 0.3) is 0 Å². The molecule has 0 aliphatic rings. The van der Waals surface area contributed by atoms with Gasteiger partial charge in [0.15, 0.2) is 0 Å². The largest absolute Gasteiger partial charge is 0.365 e. The van der Waals surface area contributed by atoms with E-state index in [2.05, 4.69) is 49.1 Å². The van der Waals surface area contributed by atoms with E-state index in [-0.39, 0.29) is 0 Å². The molecule has 0 fully saturated rings. The van der Waals surface area contributed by atoms with Crippen LogP contribution in [-0.2, 0) is 13.1 Å². The van der Waals surface area contributed by atoms with Crippen molar-refractivity contribution in [1.29, 1.82) is 0 Å². The molecule has 22 heavy (non-hydrogen) atoms. The maximum Gasteiger partial charge on any atom is 0.146 e. The highest BCUT2D eigenvalue weighted by molar-refractivity contribution is 7.98. The Morgan fingerprint density at radius 2 is 2.09 bits per heavy atom. The van der Waals surface area contributed by atoms with E-state index in [0.717, 1.165) is 23.9 Å². The fourth-order valence-electron chi connectivity index (χ4n) is 2.15. The average molecular weight is 311 g/mol. The molecule has 0 saturated heterocycles. The van der Waals surface area contributed by atoms with E-state index in [9.17, 15) is 0 Å². The first-order valence-corrected chi connectivity index (χ1v) is 8.19. The van der Waals surface area contributed by atoms with Gasteiger partial charge in [-0.2, -0.15) is 0 Å². The van der Waals surface area contributed by atoms with Crippen LogP contribution in [0.3, 0.4) is 0 Å². The maximum absolute atomic E-state index is 4.47. The molecule has 1 aromatic carbocycles. The number of nitrogens with zero attached hydrogens (tertiary/aromatic N) is 4. The van der Waals surface area contributed by atoms with Gasteiger partial charge in [-0.05, 0) is 17.4 Å². The minimum atomic E-state index is 0.726. The molecule has 0 radical (unpaired) electrons. The number of hydrogen-bond acceptors (Lipinski definition) is 5. The Morgan fingerprint density at radius 3 is 2.91 bits per heavy atom. The molecule has 1 N–H and O–H groups in total. The SMILES string of the molecule is CSc1cncc(NCc2cccc(Cn3ccnc3)c2)n1. The Bertz CT molecular complexity index is 727. The predicted molar refractivity (Wildman–Crippen MR) is 88.9 cm³/mol. The Morgan fingerprint density at radius 1 is 1.18 bits per heavy atom. The maximum atomic E-state index is 4.47. The van der Waals surface area contributed by atoms with Crippen LogP contribution in [0.25, 0.3) is 0 Å². The van der Waals surface area contributed by atoms with Gasteiger partial charge in [-0.15, -0.1) is 11.8 Å². The molecule has 0 bridgehead atoms. The number of anilines is 1. The van der Waals surface area contributed by atoms with Crippen molar-refractivity contribution in [2.45, 2.75) is 18.1 Å². The molecule has 0 aliphatic heterocycles. The minimum absolute atomic E-state index is 0.726. The highest BCUT2D eigenvalue weighted by Gasteiger charge is 2.00. The van der Waals surface area contributed by atoms with E-state index >= 15 is 0 Å². The van der Waals surface area contributed by atoms with Crippen molar-refractivity contribution >= 4 is 17.6 Å². The number of benzene rings is 1. The van der Waals surface area contributed by atoms with Crippen LogP contribution in [0.4, 0.5) is 5.82 Å². The standard InChI is InChI=1S/C16H17N5S/c1-22-16-10-18-9-15(20-16)19-8-13-3-2-4-14(7-13)11-21-6-5-17-12-21/h2-7,9-10,12H,8,11H2,1H3,(H,19,20). The molecule has 0 saturated carbocycles. The predicted octanol–water partition coefficient (Wildman–Crippen LogP) is 3.06. The first kappa shape index (κ1) is 14.6. The van der Waals surface area contributed by atoms with Gasteiger partial charge in [0, 0.05) is 25.5 Å². The third-order valence-electron chi connectivity index (χ3n) is 3.21. The van der Waals surface area contributed by atoms with Crippen molar-refractivity contribution in [3.63, 3.8) is 0 Å². The summed E-state index contributed by atoms with van der Waals surface area (Å²) in [7, 11) is 0. The Labute approximate surface area is 133 Å². The molecule has 0 unspecified atom stereocenters. The van der Waals surface area contributed by atoms with Gasteiger partial charge in [0.1, 0.15) is 10.8 Å². The number of thioether (sulfide) groups is 1. The van der Waals surface area contributed by atoms with Gasteiger partial charge in [-0.1, -0.05) is 24.3 Å². The molecule has 112 valence electrons. The van der Waals surface area contributed by atoms with Gasteiger partial charge in [0.2, 0.25) is 0 Å². The van der Waals surface area contributed by atoms with Crippen molar-refractivity contribution in [2.75, 3.05) is 11.6 Å². The fourth-order valence-corrected chi connectivity index (χ4v) is 2.51. The average Bonchev–Trinajstić information content (AvgIpc) is 3.06. The van der Waals surface area contributed by atoms with Crippen molar-refractivity contribution in [1.82, 2.24) is 19.5 Å². The number of rotatable bonds is 6. The van der Waals surface area contributed by atoms with Gasteiger partial charge < -0.3 is 9.88 Å². The second-order valence-electron chi connectivity index (χ2n) is 4.86. The van der Waals surface area contributed by atoms with Crippen molar-refractivity contribution in [3.8, 4) is 0 Å². The van der Waals surface area contributed by atoms with Crippen LogP contribution >= 0.6 is 11.8 Å². The number of nitrogens with one attached hydrogen (secondary N) is 1. The lowest BCUT2D eigenvalue weighted by Crippen LogP contribution is -2.03. The van der Waals surface area contributed by atoms with Crippen LogP contribution in [0.15, 0.2) is 60.4 Å². The summed E-state index contributed by atoms with van der Waals surface area (Å²) in [5.41, 5.74) is 2.47. The monoisotopic (exact) mass is 311 g/mol. The third kappa shape index (κ3) is 3.85. The molecule has 2 heterocycles. The minimum Gasteiger partial charge on any atom is -0.365 e. The Hall–Kier alpha value is -2.34. The molecule has 0 aliphatic carbocycles. The van der Waals surface area contributed by atoms with E-state index in [1.807, 2.05) is 18.8 Å². The molecule has 0 spiro atoms. The number of imidazole rings is 1. The highest BCUT2D eigenvalue weighted by Crippen LogP contribution is 2.13. The van der Waals surface area contributed by atoms with Crippen LogP contribution in [0.1, 0.15) is 11.1 Å². The van der Waals surface area contributed by atoms with Crippen LogP contribution in [0, 0.1) is 0 Å². The van der Waals surface area contributed by atoms with E-state index < -0.39 is 0 Å². The molecule has 3 aromatic rings. The number of hydrogen-bond donors (Lipinski definition) is 1. The second kappa shape index (κ2) is 7.09. The normalized spacial score (nSPS) is 10.6. The quantitative estimate of drug-likeness (QED) is 0.709. The smallest absolute Gasteiger partial charge is 0.146 e. The van der Waals surface area contributed by atoms with Gasteiger partial charge in [-0.25, -0.2) is 9.97 Å². The zero-order chi connectivity index (χ0) is 15.2. The summed E-state index contributed by atoms with van der Waals surface area (Å²) in [6.07, 6.45) is 11.1. The number of aromatic nitrogens is 4. The summed E-state index contributed by atoms with van der Waals surface area (Å²) in [6.45, 7) is 1.56. The molecular weight excluding hydrogens is 294 g/mol. The zero-order valence-electron chi connectivity index (χ0n) is 12.3. The lowest BCUT2D eigenvalue weighted by molar-refractivity contribution is 0.796. The van der Waals surface area contributed by atoms with Crippen molar-refractivity contribution < 1.29 is 0 Å². The van der Waals surface area contributed by atoms with E-state index in [1.54, 1.807) is 30.4 Å². The lowest BCUT2D eigenvalue weighted by Gasteiger charge is -2.08. The molecule has 5 nitrogen and oxygen atoms in total. The van der Waals surface area contributed by atoms with Crippen molar-refractivity contribution in [2.24, 2.45) is 0 Å². The van der Waals surface area contributed by atoms with Crippen LogP contribution in [-0.4, -0.2) is 25.8 Å². The highest BCUT2D eigenvalue weighted by atomic mass is 32.2. The summed E-state index contributed by atoms with van der Waals surface area (Å²) in [4.78, 5) is 12.7. The summed E-state index contributed by atoms with van der Waals surface area (Å²) in [5, 5.41) is 4.23. The Balaban J connectivity index is 1.65. The van der Waals surface area contributed by atoms with Crippen molar-refractivity contribution in [3.05, 3.63) is 66.5 Å². The zero-order valence-corrected chi connectivity index (χ0v) is 13.1. The van der Waals surface area contributed by atoms with Crippen LogP contribution in [0.5, 0.6) is 0 Å². The van der Waals surface area contributed by atoms with Gasteiger partial charge >= 0.3 is 0 Å². The first-order valence-electron chi connectivity index (χ1n) is 6.97. The topological polar surface area (TPSA) is 55.6 Å². The van der Waals surface area contributed by atoms with E-state index in [0.29, 0.717) is 0 Å². The van der Waals surface area contributed by atoms with E-state index in [1.165, 1.54) is 11.1 Å². The van der Waals surface area contributed by atoms with Crippen LogP contribution in [0.2, 0.25) is 0 Å². The summed E-state index contributed by atoms with van der Waals surface area (Å²) in [6, 6.07) is 8.50. The van der Waals surface area contributed by atoms with Gasteiger partial charge in [-0.3, -0.25) is 4.98 Å². The first-order chi connectivity index (χ1) is 10.8. The molecular formula is C16H17N5S.